The molecule has 0 spiro atoms. The molecule has 2 N–H and O–H groups in total. The highest BCUT2D eigenvalue weighted by Gasteiger charge is 2.27. The van der Waals surface area contributed by atoms with E-state index in [1.807, 2.05) is 0 Å². The van der Waals surface area contributed by atoms with Crippen LogP contribution in [-0.2, 0) is 17.8 Å². The van der Waals surface area contributed by atoms with Crippen molar-refractivity contribution in [3.05, 3.63) is 34.2 Å². The molecule has 0 aliphatic rings. The van der Waals surface area contributed by atoms with Crippen LogP contribution >= 0.6 is 0 Å². The molecule has 0 bridgehead atoms. The first kappa shape index (κ1) is 13.7. The summed E-state index contributed by atoms with van der Waals surface area (Å²) in [5, 5.41) is 0. The quantitative estimate of drug-likeness (QED) is 0.789. The number of hydrogen-bond acceptors (Lipinski definition) is 3. The van der Waals surface area contributed by atoms with Crippen LogP contribution in [0.4, 0.5) is 13.2 Å². The van der Waals surface area contributed by atoms with E-state index in [2.05, 4.69) is 4.74 Å². The first-order valence-corrected chi connectivity index (χ1v) is 4.97. The molecular formula is C10H13F3N2O2. The summed E-state index contributed by atoms with van der Waals surface area (Å²) < 4.78 is 41.0. The average Bonchev–Trinajstić information content (AvgIpc) is 2.25. The van der Waals surface area contributed by atoms with Crippen molar-refractivity contribution >= 4 is 0 Å². The Morgan fingerprint density at radius 2 is 2.12 bits per heavy atom. The van der Waals surface area contributed by atoms with Crippen molar-refractivity contribution in [1.82, 2.24) is 4.57 Å². The number of ether oxygens (including phenoxy) is 1. The molecular weight excluding hydrogens is 237 g/mol. The number of aromatic nitrogens is 1. The molecule has 0 fully saturated rings. The molecule has 1 aromatic heterocycles. The molecule has 7 heteroatoms. The Kier molecular flexibility index (Phi) is 4.71. The smallest absolute Gasteiger partial charge is 0.370 e. The molecule has 0 saturated carbocycles. The topological polar surface area (TPSA) is 57.2 Å². The third-order valence-electron chi connectivity index (χ3n) is 2.06. The normalized spacial score (nSPS) is 11.8. The van der Waals surface area contributed by atoms with E-state index in [9.17, 15) is 18.0 Å². The summed E-state index contributed by atoms with van der Waals surface area (Å²) in [7, 11) is 0. The van der Waals surface area contributed by atoms with E-state index in [1.165, 1.54) is 10.8 Å². The maximum absolute atomic E-state index is 11.8. The maximum atomic E-state index is 11.8. The molecule has 0 atom stereocenters. The van der Waals surface area contributed by atoms with E-state index in [-0.39, 0.29) is 25.3 Å². The summed E-state index contributed by atoms with van der Waals surface area (Å²) in [5.41, 5.74) is 5.46. The minimum Gasteiger partial charge on any atom is -0.370 e. The molecule has 1 rings (SSSR count). The zero-order valence-corrected chi connectivity index (χ0v) is 9.04. The van der Waals surface area contributed by atoms with Crippen LogP contribution in [0.5, 0.6) is 0 Å². The van der Waals surface area contributed by atoms with Crippen molar-refractivity contribution in [2.24, 2.45) is 5.73 Å². The molecule has 1 heterocycles. The predicted octanol–water partition coefficient (Wildman–Crippen LogP) is 0.886. The monoisotopic (exact) mass is 250 g/mol. The lowest BCUT2D eigenvalue weighted by Gasteiger charge is -2.09. The van der Waals surface area contributed by atoms with Crippen molar-refractivity contribution in [3.8, 4) is 0 Å². The fourth-order valence-electron chi connectivity index (χ4n) is 1.27. The summed E-state index contributed by atoms with van der Waals surface area (Å²) in [6, 6.07) is 3.20. The van der Waals surface area contributed by atoms with Crippen LogP contribution in [0.25, 0.3) is 0 Å². The van der Waals surface area contributed by atoms with Gasteiger partial charge < -0.3 is 15.0 Å². The lowest BCUT2D eigenvalue weighted by molar-refractivity contribution is -0.174. The van der Waals surface area contributed by atoms with Crippen molar-refractivity contribution in [2.75, 3.05) is 13.2 Å². The Balaban J connectivity index is 2.50. The van der Waals surface area contributed by atoms with Gasteiger partial charge in [0.1, 0.15) is 6.61 Å². The number of pyridine rings is 1. The van der Waals surface area contributed by atoms with E-state index in [1.54, 1.807) is 12.1 Å². The van der Waals surface area contributed by atoms with Gasteiger partial charge in [-0.25, -0.2) is 0 Å². The van der Waals surface area contributed by atoms with Crippen LogP contribution in [0.1, 0.15) is 5.56 Å². The Labute approximate surface area is 95.8 Å². The summed E-state index contributed by atoms with van der Waals surface area (Å²) >= 11 is 0. The molecule has 0 radical (unpaired) electrons. The minimum atomic E-state index is -4.34. The van der Waals surface area contributed by atoms with E-state index in [0.29, 0.717) is 5.56 Å². The molecule has 1 aromatic rings. The maximum Gasteiger partial charge on any atom is 0.411 e. The summed E-state index contributed by atoms with van der Waals surface area (Å²) in [6.45, 7) is -1.31. The lowest BCUT2D eigenvalue weighted by Crippen LogP contribution is -2.27. The van der Waals surface area contributed by atoms with E-state index in [4.69, 9.17) is 5.73 Å². The van der Waals surface area contributed by atoms with E-state index in [0.717, 1.165) is 0 Å². The Morgan fingerprint density at radius 3 is 2.71 bits per heavy atom. The molecule has 0 aliphatic carbocycles. The van der Waals surface area contributed by atoms with Crippen LogP contribution in [-0.4, -0.2) is 24.0 Å². The van der Waals surface area contributed by atoms with Crippen molar-refractivity contribution < 1.29 is 17.9 Å². The number of nitrogens with two attached hydrogens (primary N) is 1. The predicted molar refractivity (Wildman–Crippen MR) is 55.5 cm³/mol. The van der Waals surface area contributed by atoms with Gasteiger partial charge in [0, 0.05) is 24.8 Å². The van der Waals surface area contributed by atoms with Gasteiger partial charge in [0.05, 0.1) is 6.61 Å². The van der Waals surface area contributed by atoms with Gasteiger partial charge in [0.25, 0.3) is 5.56 Å². The molecule has 0 aliphatic heterocycles. The molecule has 0 unspecified atom stereocenters. The Hall–Kier alpha value is -1.34. The van der Waals surface area contributed by atoms with E-state index < -0.39 is 12.8 Å². The third kappa shape index (κ3) is 4.58. The second-order valence-electron chi connectivity index (χ2n) is 3.40. The molecule has 0 saturated heterocycles. The van der Waals surface area contributed by atoms with Gasteiger partial charge in [0.2, 0.25) is 0 Å². The first-order chi connectivity index (χ1) is 7.94. The third-order valence-corrected chi connectivity index (χ3v) is 2.06. The number of halogens is 3. The number of rotatable bonds is 5. The van der Waals surface area contributed by atoms with Gasteiger partial charge in [-0.3, -0.25) is 4.79 Å². The fraction of sp³-hybridized carbons (Fsp3) is 0.500. The molecule has 96 valence electrons. The summed E-state index contributed by atoms with van der Waals surface area (Å²) in [5.74, 6) is 0. The second kappa shape index (κ2) is 5.83. The highest BCUT2D eigenvalue weighted by Crippen LogP contribution is 2.14. The van der Waals surface area contributed by atoms with Crippen molar-refractivity contribution in [1.29, 1.82) is 0 Å². The first-order valence-electron chi connectivity index (χ1n) is 4.97. The minimum absolute atomic E-state index is 0.0722. The fourth-order valence-corrected chi connectivity index (χ4v) is 1.27. The molecule has 0 aromatic carbocycles. The largest absolute Gasteiger partial charge is 0.411 e. The van der Waals surface area contributed by atoms with Crippen LogP contribution < -0.4 is 11.3 Å². The van der Waals surface area contributed by atoms with Gasteiger partial charge in [-0.15, -0.1) is 0 Å². The number of hydrogen-bond donors (Lipinski definition) is 1. The summed E-state index contributed by atoms with van der Waals surface area (Å²) in [4.78, 5) is 11.6. The Bertz CT molecular complexity index is 415. The number of alkyl halides is 3. The standard InChI is InChI=1S/C10H13F3N2O2/c11-10(12,13)7-17-5-4-15-3-1-2-8(6-14)9(15)16/h1-3H,4-7,14H2. The van der Waals surface area contributed by atoms with Crippen LogP contribution in [0.2, 0.25) is 0 Å². The highest BCUT2D eigenvalue weighted by atomic mass is 19.4. The van der Waals surface area contributed by atoms with Gasteiger partial charge in [-0.2, -0.15) is 13.2 Å². The lowest BCUT2D eigenvalue weighted by atomic mass is 10.3. The SMILES string of the molecule is NCc1cccn(CCOCC(F)(F)F)c1=O. The van der Waals surface area contributed by atoms with Crippen LogP contribution in [0.3, 0.4) is 0 Å². The molecule has 4 nitrogen and oxygen atoms in total. The highest BCUT2D eigenvalue weighted by molar-refractivity contribution is 5.09. The zero-order chi connectivity index (χ0) is 12.9. The van der Waals surface area contributed by atoms with Gasteiger partial charge in [-0.05, 0) is 6.07 Å². The van der Waals surface area contributed by atoms with Crippen LogP contribution in [0.15, 0.2) is 23.1 Å². The van der Waals surface area contributed by atoms with Crippen molar-refractivity contribution in [3.63, 3.8) is 0 Å². The second-order valence-corrected chi connectivity index (χ2v) is 3.40. The molecule has 0 amide bonds. The van der Waals surface area contributed by atoms with Gasteiger partial charge >= 0.3 is 6.18 Å². The van der Waals surface area contributed by atoms with E-state index >= 15 is 0 Å². The van der Waals surface area contributed by atoms with Gasteiger partial charge in [0.15, 0.2) is 0 Å². The average molecular weight is 250 g/mol. The Morgan fingerprint density at radius 1 is 1.41 bits per heavy atom. The van der Waals surface area contributed by atoms with Crippen molar-refractivity contribution in [2.45, 2.75) is 19.3 Å². The molecule has 17 heavy (non-hydrogen) atoms. The number of nitrogens with zero attached hydrogens (tertiary/aromatic N) is 1. The zero-order valence-electron chi connectivity index (χ0n) is 9.04. The van der Waals surface area contributed by atoms with Gasteiger partial charge in [-0.1, -0.05) is 6.07 Å². The summed E-state index contributed by atoms with van der Waals surface area (Å²) in [6.07, 6.45) is -2.86. The van der Waals surface area contributed by atoms with Crippen LogP contribution in [0, 0.1) is 0 Å².